The lowest BCUT2D eigenvalue weighted by Crippen LogP contribution is -2.32. The Bertz CT molecular complexity index is 516. The molecule has 0 saturated heterocycles. The van der Waals surface area contributed by atoms with E-state index in [4.69, 9.17) is 0 Å². The number of hydrogen-bond acceptors (Lipinski definition) is 2. The highest BCUT2D eigenvalue weighted by molar-refractivity contribution is 5.89. The molecule has 2 aromatic carbocycles. The predicted octanol–water partition coefficient (Wildman–Crippen LogP) is 1.85. The van der Waals surface area contributed by atoms with Crippen molar-refractivity contribution in [2.75, 3.05) is 6.61 Å². The van der Waals surface area contributed by atoms with Gasteiger partial charge in [-0.05, 0) is 28.3 Å². The molecular weight excluding hydrogens is 198 g/mol. The first-order valence-electron chi connectivity index (χ1n) is 5.72. The van der Waals surface area contributed by atoms with Crippen molar-refractivity contribution >= 4 is 10.8 Å². The van der Waals surface area contributed by atoms with Crippen LogP contribution in [-0.2, 0) is 13.0 Å². The molecule has 1 atom stereocenters. The molecule has 1 unspecified atom stereocenters. The molecule has 1 aliphatic rings. The van der Waals surface area contributed by atoms with Gasteiger partial charge < -0.3 is 10.4 Å². The van der Waals surface area contributed by atoms with Gasteiger partial charge in [-0.15, -0.1) is 0 Å². The zero-order valence-electron chi connectivity index (χ0n) is 9.11. The maximum atomic E-state index is 9.29. The van der Waals surface area contributed by atoms with Crippen molar-refractivity contribution < 1.29 is 5.11 Å². The van der Waals surface area contributed by atoms with E-state index in [0.717, 1.165) is 13.0 Å². The van der Waals surface area contributed by atoms with Crippen LogP contribution in [0.5, 0.6) is 0 Å². The van der Waals surface area contributed by atoms with Crippen LogP contribution in [0.25, 0.3) is 10.8 Å². The average molecular weight is 213 g/mol. The number of aliphatic hydroxyl groups is 1. The van der Waals surface area contributed by atoms with E-state index >= 15 is 0 Å². The number of hydrogen-bond donors (Lipinski definition) is 2. The van der Waals surface area contributed by atoms with Crippen LogP contribution in [0.4, 0.5) is 0 Å². The maximum absolute atomic E-state index is 9.29. The molecular formula is C14H15NO. The van der Waals surface area contributed by atoms with Crippen LogP contribution in [-0.4, -0.2) is 17.8 Å². The standard InChI is InChI=1S/C14H15NO/c16-9-13-7-11-5-1-3-10-4-2-6-12(8-15-13)14(10)11/h1-6,13,15-16H,7-9H2. The molecule has 0 bridgehead atoms. The predicted molar refractivity (Wildman–Crippen MR) is 65.4 cm³/mol. The van der Waals surface area contributed by atoms with Gasteiger partial charge in [-0.25, -0.2) is 0 Å². The molecule has 0 fully saturated rings. The summed E-state index contributed by atoms with van der Waals surface area (Å²) in [6.45, 7) is 1.05. The summed E-state index contributed by atoms with van der Waals surface area (Å²) in [5.41, 5.74) is 2.68. The van der Waals surface area contributed by atoms with Crippen LogP contribution in [0.2, 0.25) is 0 Å². The fourth-order valence-electron chi connectivity index (χ4n) is 2.54. The zero-order valence-corrected chi connectivity index (χ0v) is 9.11. The topological polar surface area (TPSA) is 32.3 Å². The molecule has 2 aromatic rings. The zero-order chi connectivity index (χ0) is 11.0. The highest BCUT2D eigenvalue weighted by atomic mass is 16.3. The highest BCUT2D eigenvalue weighted by Crippen LogP contribution is 2.26. The van der Waals surface area contributed by atoms with Crippen LogP contribution in [0.3, 0.4) is 0 Å². The molecule has 1 aliphatic heterocycles. The first-order chi connectivity index (χ1) is 7.88. The summed E-state index contributed by atoms with van der Waals surface area (Å²) in [4.78, 5) is 0. The maximum Gasteiger partial charge on any atom is 0.0587 e. The van der Waals surface area contributed by atoms with Gasteiger partial charge in [0.15, 0.2) is 0 Å². The molecule has 0 radical (unpaired) electrons. The molecule has 16 heavy (non-hydrogen) atoms. The first-order valence-corrected chi connectivity index (χ1v) is 5.72. The summed E-state index contributed by atoms with van der Waals surface area (Å²) in [6, 6.07) is 13.0. The van der Waals surface area contributed by atoms with Gasteiger partial charge in [0.05, 0.1) is 6.61 Å². The van der Waals surface area contributed by atoms with E-state index < -0.39 is 0 Å². The van der Waals surface area contributed by atoms with Crippen LogP contribution < -0.4 is 5.32 Å². The molecule has 0 aromatic heterocycles. The summed E-state index contributed by atoms with van der Waals surface area (Å²) >= 11 is 0. The van der Waals surface area contributed by atoms with Crippen LogP contribution in [0.15, 0.2) is 36.4 Å². The van der Waals surface area contributed by atoms with Crippen molar-refractivity contribution in [2.45, 2.75) is 19.0 Å². The lowest BCUT2D eigenvalue weighted by molar-refractivity contribution is 0.242. The molecule has 2 N–H and O–H groups in total. The van der Waals surface area contributed by atoms with Crippen molar-refractivity contribution in [3.63, 3.8) is 0 Å². The second kappa shape index (κ2) is 3.89. The SMILES string of the molecule is OCC1Cc2cccc3cccc(c23)CN1. The Kier molecular flexibility index (Phi) is 2.39. The van der Waals surface area contributed by atoms with E-state index in [0.29, 0.717) is 0 Å². The molecule has 1 heterocycles. The number of aliphatic hydroxyl groups excluding tert-OH is 1. The van der Waals surface area contributed by atoms with E-state index in [2.05, 4.69) is 41.7 Å². The summed E-state index contributed by atoms with van der Waals surface area (Å²) in [5.74, 6) is 0. The van der Waals surface area contributed by atoms with E-state index in [9.17, 15) is 5.11 Å². The van der Waals surface area contributed by atoms with Crippen molar-refractivity contribution in [3.05, 3.63) is 47.5 Å². The third-order valence-corrected chi connectivity index (χ3v) is 3.35. The second-order valence-electron chi connectivity index (χ2n) is 4.40. The van der Waals surface area contributed by atoms with Crippen LogP contribution in [0, 0.1) is 0 Å². The number of rotatable bonds is 1. The van der Waals surface area contributed by atoms with Gasteiger partial charge in [-0.2, -0.15) is 0 Å². The Morgan fingerprint density at radius 2 is 1.88 bits per heavy atom. The Morgan fingerprint density at radius 3 is 2.62 bits per heavy atom. The smallest absolute Gasteiger partial charge is 0.0587 e. The Hall–Kier alpha value is -1.38. The molecule has 2 nitrogen and oxygen atoms in total. The third-order valence-electron chi connectivity index (χ3n) is 3.35. The fourth-order valence-corrected chi connectivity index (χ4v) is 2.54. The van der Waals surface area contributed by atoms with E-state index in [-0.39, 0.29) is 12.6 Å². The summed E-state index contributed by atoms with van der Waals surface area (Å²) in [6.07, 6.45) is 0.908. The fraction of sp³-hybridized carbons (Fsp3) is 0.286. The van der Waals surface area contributed by atoms with Gasteiger partial charge in [0.2, 0.25) is 0 Å². The molecule has 2 heteroatoms. The second-order valence-corrected chi connectivity index (χ2v) is 4.40. The molecule has 82 valence electrons. The quantitative estimate of drug-likeness (QED) is 0.757. The third kappa shape index (κ3) is 1.51. The van der Waals surface area contributed by atoms with Crippen LogP contribution in [0.1, 0.15) is 11.1 Å². The van der Waals surface area contributed by atoms with Gasteiger partial charge in [-0.1, -0.05) is 36.4 Å². The first kappa shape index (κ1) is 9.82. The Balaban J connectivity index is 2.23. The highest BCUT2D eigenvalue weighted by Gasteiger charge is 2.16. The molecule has 0 amide bonds. The van der Waals surface area contributed by atoms with Crippen molar-refractivity contribution in [1.82, 2.24) is 5.32 Å². The van der Waals surface area contributed by atoms with Crippen molar-refractivity contribution in [3.8, 4) is 0 Å². The van der Waals surface area contributed by atoms with Crippen molar-refractivity contribution in [1.29, 1.82) is 0 Å². The van der Waals surface area contributed by atoms with Crippen molar-refractivity contribution in [2.24, 2.45) is 0 Å². The van der Waals surface area contributed by atoms with Crippen LogP contribution >= 0.6 is 0 Å². The summed E-state index contributed by atoms with van der Waals surface area (Å²) in [7, 11) is 0. The number of benzene rings is 2. The lowest BCUT2D eigenvalue weighted by Gasteiger charge is -2.12. The van der Waals surface area contributed by atoms with Gasteiger partial charge in [0.1, 0.15) is 0 Å². The minimum atomic E-state index is 0.179. The Morgan fingerprint density at radius 1 is 1.12 bits per heavy atom. The molecule has 0 saturated carbocycles. The van der Waals surface area contributed by atoms with E-state index in [1.807, 2.05) is 0 Å². The van der Waals surface area contributed by atoms with E-state index in [1.165, 1.54) is 21.9 Å². The minimum absolute atomic E-state index is 0.179. The van der Waals surface area contributed by atoms with Gasteiger partial charge in [-0.3, -0.25) is 0 Å². The molecule has 0 spiro atoms. The monoisotopic (exact) mass is 213 g/mol. The van der Waals surface area contributed by atoms with E-state index in [1.54, 1.807) is 0 Å². The Labute approximate surface area is 94.9 Å². The minimum Gasteiger partial charge on any atom is -0.395 e. The molecule has 0 aliphatic carbocycles. The molecule has 3 rings (SSSR count). The van der Waals surface area contributed by atoms with Gasteiger partial charge >= 0.3 is 0 Å². The average Bonchev–Trinajstić information content (AvgIpc) is 2.51. The summed E-state index contributed by atoms with van der Waals surface area (Å²) in [5, 5.41) is 15.3. The lowest BCUT2D eigenvalue weighted by atomic mass is 9.97. The van der Waals surface area contributed by atoms with Gasteiger partial charge in [0.25, 0.3) is 0 Å². The van der Waals surface area contributed by atoms with Gasteiger partial charge in [0, 0.05) is 12.6 Å². The summed E-state index contributed by atoms with van der Waals surface area (Å²) < 4.78 is 0. The largest absolute Gasteiger partial charge is 0.395 e. The number of nitrogens with one attached hydrogen (secondary N) is 1. The normalized spacial score (nSPS) is 19.7.